The van der Waals surface area contributed by atoms with Crippen molar-refractivity contribution in [2.24, 2.45) is 16.9 Å². The van der Waals surface area contributed by atoms with Crippen molar-refractivity contribution in [3.05, 3.63) is 29.3 Å². The van der Waals surface area contributed by atoms with E-state index in [-0.39, 0.29) is 11.5 Å². The molecule has 1 aromatic rings. The Balaban J connectivity index is 2.38. The summed E-state index contributed by atoms with van der Waals surface area (Å²) in [4.78, 5) is 0. The molecule has 1 fully saturated rings. The van der Waals surface area contributed by atoms with Crippen molar-refractivity contribution < 1.29 is 4.74 Å². The molecule has 0 aromatic heterocycles. The lowest BCUT2D eigenvalue weighted by atomic mass is 9.88. The largest absolute Gasteiger partial charge is 0.496 e. The Hall–Kier alpha value is -1.06. The number of rotatable bonds is 5. The molecule has 3 heteroatoms. The monoisotopic (exact) mass is 248 g/mol. The molecule has 0 aliphatic heterocycles. The van der Waals surface area contributed by atoms with Gasteiger partial charge in [0.05, 0.1) is 7.11 Å². The Kier molecular flexibility index (Phi) is 3.64. The van der Waals surface area contributed by atoms with Gasteiger partial charge in [-0.25, -0.2) is 0 Å². The minimum atomic E-state index is -0.0175. The molecule has 0 heterocycles. The maximum absolute atomic E-state index is 6.43. The number of nitrogens with two attached hydrogens (primary N) is 2. The summed E-state index contributed by atoms with van der Waals surface area (Å²) in [5.41, 5.74) is 14.8. The molecule has 1 atom stereocenters. The highest BCUT2D eigenvalue weighted by atomic mass is 16.5. The molecule has 0 bridgehead atoms. The molecule has 2 rings (SSSR count). The molecule has 1 aromatic carbocycles. The fourth-order valence-electron chi connectivity index (χ4n) is 2.49. The Morgan fingerprint density at radius 1 is 1.33 bits per heavy atom. The van der Waals surface area contributed by atoms with E-state index in [1.807, 2.05) is 6.07 Å². The average Bonchev–Trinajstić information content (AvgIpc) is 3.18. The summed E-state index contributed by atoms with van der Waals surface area (Å²) < 4.78 is 5.45. The normalized spacial score (nSPS) is 18.8. The van der Waals surface area contributed by atoms with Gasteiger partial charge in [-0.05, 0) is 36.9 Å². The van der Waals surface area contributed by atoms with Crippen LogP contribution in [-0.4, -0.2) is 13.7 Å². The van der Waals surface area contributed by atoms with Crippen LogP contribution in [0.1, 0.15) is 49.8 Å². The molecule has 18 heavy (non-hydrogen) atoms. The Labute approximate surface area is 110 Å². The van der Waals surface area contributed by atoms with Crippen molar-refractivity contribution in [1.82, 2.24) is 0 Å². The average molecular weight is 248 g/mol. The Morgan fingerprint density at radius 3 is 2.44 bits per heavy atom. The second-order valence-corrected chi connectivity index (χ2v) is 5.70. The van der Waals surface area contributed by atoms with E-state index in [1.165, 1.54) is 5.56 Å². The summed E-state index contributed by atoms with van der Waals surface area (Å²) in [6.07, 6.45) is 2.25. The van der Waals surface area contributed by atoms with Gasteiger partial charge in [-0.15, -0.1) is 0 Å². The molecular weight excluding hydrogens is 224 g/mol. The highest BCUT2D eigenvalue weighted by molar-refractivity contribution is 5.42. The van der Waals surface area contributed by atoms with Crippen LogP contribution >= 0.6 is 0 Å². The fraction of sp³-hybridized carbons (Fsp3) is 0.600. The van der Waals surface area contributed by atoms with Crippen LogP contribution in [-0.2, 0) is 0 Å². The van der Waals surface area contributed by atoms with Gasteiger partial charge >= 0.3 is 0 Å². The fourth-order valence-corrected chi connectivity index (χ4v) is 2.49. The molecule has 0 saturated heterocycles. The molecule has 1 aliphatic rings. The van der Waals surface area contributed by atoms with E-state index in [1.54, 1.807) is 7.11 Å². The van der Waals surface area contributed by atoms with E-state index in [0.717, 1.165) is 24.2 Å². The van der Waals surface area contributed by atoms with Crippen LogP contribution in [0.2, 0.25) is 0 Å². The Morgan fingerprint density at radius 2 is 2.00 bits per heavy atom. The zero-order valence-electron chi connectivity index (χ0n) is 11.6. The van der Waals surface area contributed by atoms with Crippen LogP contribution in [0.25, 0.3) is 0 Å². The van der Waals surface area contributed by atoms with E-state index < -0.39 is 0 Å². The molecule has 0 spiro atoms. The van der Waals surface area contributed by atoms with Gasteiger partial charge in [-0.3, -0.25) is 0 Å². The standard InChI is InChI=1S/C15H24N2O/c1-10(2)11-4-5-13(18-3)12(8-11)14(17)15(9-16)6-7-15/h4-5,8,10,14H,6-7,9,16-17H2,1-3H3. The summed E-state index contributed by atoms with van der Waals surface area (Å²) >= 11 is 0. The first-order valence-corrected chi connectivity index (χ1v) is 6.67. The summed E-state index contributed by atoms with van der Waals surface area (Å²) in [7, 11) is 1.70. The molecule has 1 aliphatic carbocycles. The van der Waals surface area contributed by atoms with Crippen LogP contribution < -0.4 is 16.2 Å². The van der Waals surface area contributed by atoms with Gasteiger partial charge in [0.15, 0.2) is 0 Å². The molecule has 4 N–H and O–H groups in total. The summed E-state index contributed by atoms with van der Waals surface area (Å²) in [5, 5.41) is 0. The van der Waals surface area contributed by atoms with E-state index in [9.17, 15) is 0 Å². The first-order chi connectivity index (χ1) is 8.54. The zero-order chi connectivity index (χ0) is 13.3. The van der Waals surface area contributed by atoms with Gasteiger partial charge in [0, 0.05) is 17.0 Å². The van der Waals surface area contributed by atoms with Crippen molar-refractivity contribution in [2.45, 2.75) is 38.6 Å². The molecule has 1 saturated carbocycles. The lowest BCUT2D eigenvalue weighted by Crippen LogP contribution is -2.30. The third-order valence-corrected chi connectivity index (χ3v) is 4.21. The van der Waals surface area contributed by atoms with Crippen LogP contribution in [0, 0.1) is 5.41 Å². The van der Waals surface area contributed by atoms with E-state index >= 15 is 0 Å². The first kappa shape index (κ1) is 13.4. The molecule has 0 radical (unpaired) electrons. The van der Waals surface area contributed by atoms with Crippen LogP contribution in [0.3, 0.4) is 0 Å². The van der Waals surface area contributed by atoms with Gasteiger partial charge in [0.2, 0.25) is 0 Å². The molecule has 100 valence electrons. The third kappa shape index (κ3) is 2.25. The van der Waals surface area contributed by atoms with E-state index in [0.29, 0.717) is 12.5 Å². The van der Waals surface area contributed by atoms with E-state index in [2.05, 4.69) is 26.0 Å². The molecule has 0 amide bonds. The predicted molar refractivity (Wildman–Crippen MR) is 74.7 cm³/mol. The minimum Gasteiger partial charge on any atom is -0.496 e. The van der Waals surface area contributed by atoms with Crippen molar-refractivity contribution in [3.8, 4) is 5.75 Å². The van der Waals surface area contributed by atoms with Crippen molar-refractivity contribution in [2.75, 3.05) is 13.7 Å². The number of benzene rings is 1. The minimum absolute atomic E-state index is 0.0175. The second-order valence-electron chi connectivity index (χ2n) is 5.70. The van der Waals surface area contributed by atoms with Crippen molar-refractivity contribution >= 4 is 0 Å². The summed E-state index contributed by atoms with van der Waals surface area (Å²) in [5.74, 6) is 1.38. The number of hydrogen-bond acceptors (Lipinski definition) is 3. The SMILES string of the molecule is COc1ccc(C(C)C)cc1C(N)C1(CN)CC1. The second kappa shape index (κ2) is 4.90. The first-order valence-electron chi connectivity index (χ1n) is 6.67. The van der Waals surface area contributed by atoms with Crippen LogP contribution in [0.4, 0.5) is 0 Å². The van der Waals surface area contributed by atoms with Crippen LogP contribution in [0.15, 0.2) is 18.2 Å². The molecular formula is C15H24N2O. The van der Waals surface area contributed by atoms with Gasteiger partial charge < -0.3 is 16.2 Å². The lowest BCUT2D eigenvalue weighted by Gasteiger charge is -2.25. The highest BCUT2D eigenvalue weighted by Crippen LogP contribution is 2.54. The van der Waals surface area contributed by atoms with Crippen molar-refractivity contribution in [3.63, 3.8) is 0 Å². The number of ether oxygens (including phenoxy) is 1. The van der Waals surface area contributed by atoms with Gasteiger partial charge in [-0.2, -0.15) is 0 Å². The number of hydrogen-bond donors (Lipinski definition) is 2. The molecule has 1 unspecified atom stereocenters. The summed E-state index contributed by atoms with van der Waals surface area (Å²) in [6, 6.07) is 6.30. The van der Waals surface area contributed by atoms with Gasteiger partial charge in [0.1, 0.15) is 5.75 Å². The quantitative estimate of drug-likeness (QED) is 0.842. The van der Waals surface area contributed by atoms with Crippen molar-refractivity contribution in [1.29, 1.82) is 0 Å². The Bertz CT molecular complexity index is 425. The zero-order valence-corrected chi connectivity index (χ0v) is 11.6. The van der Waals surface area contributed by atoms with E-state index in [4.69, 9.17) is 16.2 Å². The van der Waals surface area contributed by atoms with Gasteiger partial charge in [-0.1, -0.05) is 26.0 Å². The topological polar surface area (TPSA) is 61.3 Å². The number of methoxy groups -OCH3 is 1. The highest BCUT2D eigenvalue weighted by Gasteiger charge is 2.47. The van der Waals surface area contributed by atoms with Gasteiger partial charge in [0.25, 0.3) is 0 Å². The van der Waals surface area contributed by atoms with Crippen LogP contribution in [0.5, 0.6) is 5.75 Å². The molecule has 3 nitrogen and oxygen atoms in total. The maximum atomic E-state index is 6.43. The maximum Gasteiger partial charge on any atom is 0.123 e. The lowest BCUT2D eigenvalue weighted by molar-refractivity contribution is 0.375. The predicted octanol–water partition coefficient (Wildman–Crippen LogP) is 2.56. The smallest absolute Gasteiger partial charge is 0.123 e. The third-order valence-electron chi connectivity index (χ3n) is 4.21. The summed E-state index contributed by atoms with van der Waals surface area (Å²) in [6.45, 7) is 5.03.